The molecule has 0 atom stereocenters. The van der Waals surface area contributed by atoms with E-state index < -0.39 is 17.7 Å². The first-order valence-corrected chi connectivity index (χ1v) is 4.47. The molecule has 16 heavy (non-hydrogen) atoms. The highest BCUT2D eigenvalue weighted by atomic mass is 19.1. The van der Waals surface area contributed by atoms with Crippen LogP contribution in [0.5, 0.6) is 0 Å². The van der Waals surface area contributed by atoms with Crippen LogP contribution in [-0.2, 0) is 9.59 Å². The maximum atomic E-state index is 12.6. The fourth-order valence-electron chi connectivity index (χ4n) is 1.07. The van der Waals surface area contributed by atoms with Crippen molar-refractivity contribution in [1.82, 2.24) is 5.32 Å². The minimum absolute atomic E-state index is 0.251. The van der Waals surface area contributed by atoms with E-state index in [1.54, 1.807) is 0 Å². The van der Waals surface area contributed by atoms with Crippen LogP contribution in [0, 0.1) is 5.82 Å². The van der Waals surface area contributed by atoms with Crippen LogP contribution in [0.15, 0.2) is 30.0 Å². The van der Waals surface area contributed by atoms with Crippen LogP contribution in [0.3, 0.4) is 0 Å². The van der Waals surface area contributed by atoms with Crippen LogP contribution in [0.1, 0.15) is 12.5 Å². The van der Waals surface area contributed by atoms with Gasteiger partial charge < -0.3 is 10.4 Å². The Labute approximate surface area is 91.4 Å². The first-order chi connectivity index (χ1) is 7.49. The molecule has 0 radical (unpaired) electrons. The van der Waals surface area contributed by atoms with Gasteiger partial charge in [0.2, 0.25) is 5.91 Å². The first-order valence-electron chi connectivity index (χ1n) is 4.47. The molecule has 1 aromatic rings. The molecule has 0 aliphatic rings. The molecule has 1 amide bonds. The summed E-state index contributed by atoms with van der Waals surface area (Å²) in [5.74, 6) is -2.14. The molecule has 0 unspecified atom stereocenters. The summed E-state index contributed by atoms with van der Waals surface area (Å²) in [7, 11) is 0. The minimum atomic E-state index is -1.25. The summed E-state index contributed by atoms with van der Waals surface area (Å²) < 4.78 is 12.6. The smallest absolute Gasteiger partial charge is 0.352 e. The van der Waals surface area contributed by atoms with Gasteiger partial charge in [-0.2, -0.15) is 0 Å². The summed E-state index contributed by atoms with van der Waals surface area (Å²) >= 11 is 0. The summed E-state index contributed by atoms with van der Waals surface area (Å²) in [6.45, 7) is 1.21. The van der Waals surface area contributed by atoms with Crippen LogP contribution >= 0.6 is 0 Å². The summed E-state index contributed by atoms with van der Waals surface area (Å²) in [6.07, 6.45) is 1.25. The normalized spacial score (nSPS) is 11.0. The van der Waals surface area contributed by atoms with Crippen LogP contribution in [0.25, 0.3) is 6.08 Å². The minimum Gasteiger partial charge on any atom is -0.477 e. The average molecular weight is 223 g/mol. The van der Waals surface area contributed by atoms with E-state index in [1.807, 2.05) is 0 Å². The van der Waals surface area contributed by atoms with Gasteiger partial charge in [-0.1, -0.05) is 12.1 Å². The third-order valence-corrected chi connectivity index (χ3v) is 1.72. The van der Waals surface area contributed by atoms with Crippen molar-refractivity contribution >= 4 is 18.0 Å². The topological polar surface area (TPSA) is 66.4 Å². The Morgan fingerprint density at radius 2 is 1.88 bits per heavy atom. The molecular weight excluding hydrogens is 213 g/mol. The quantitative estimate of drug-likeness (QED) is 0.761. The van der Waals surface area contributed by atoms with Crippen molar-refractivity contribution in [3.8, 4) is 0 Å². The highest BCUT2D eigenvalue weighted by Gasteiger charge is 2.08. The predicted octanol–water partition coefficient (Wildman–Crippen LogP) is 1.39. The van der Waals surface area contributed by atoms with Gasteiger partial charge in [-0.3, -0.25) is 4.79 Å². The van der Waals surface area contributed by atoms with E-state index >= 15 is 0 Å². The molecule has 1 rings (SSSR count). The van der Waals surface area contributed by atoms with Crippen LogP contribution in [0.2, 0.25) is 0 Å². The number of rotatable bonds is 3. The molecular formula is C11H10FNO3. The summed E-state index contributed by atoms with van der Waals surface area (Å²) in [5.41, 5.74) is 0.242. The van der Waals surface area contributed by atoms with E-state index in [9.17, 15) is 14.0 Å². The van der Waals surface area contributed by atoms with E-state index in [4.69, 9.17) is 5.11 Å². The summed E-state index contributed by atoms with van der Waals surface area (Å²) in [6, 6.07) is 5.25. The van der Waals surface area contributed by atoms with Crippen molar-refractivity contribution in [3.05, 3.63) is 41.3 Å². The van der Waals surface area contributed by atoms with Crippen molar-refractivity contribution in [1.29, 1.82) is 0 Å². The summed E-state index contributed by atoms with van der Waals surface area (Å²) in [4.78, 5) is 21.5. The van der Waals surface area contributed by atoms with E-state index in [1.165, 1.54) is 37.3 Å². The van der Waals surface area contributed by atoms with Gasteiger partial charge in [-0.25, -0.2) is 9.18 Å². The Morgan fingerprint density at radius 3 is 2.31 bits per heavy atom. The zero-order chi connectivity index (χ0) is 12.1. The number of amides is 1. The molecule has 5 heteroatoms. The number of carbonyl (C=O) groups excluding carboxylic acids is 1. The third kappa shape index (κ3) is 3.53. The number of benzene rings is 1. The fourth-order valence-corrected chi connectivity index (χ4v) is 1.07. The van der Waals surface area contributed by atoms with Crippen molar-refractivity contribution in [2.24, 2.45) is 0 Å². The molecule has 0 saturated heterocycles. The third-order valence-electron chi connectivity index (χ3n) is 1.72. The largest absolute Gasteiger partial charge is 0.477 e. The maximum Gasteiger partial charge on any atom is 0.352 e. The van der Waals surface area contributed by atoms with E-state index in [2.05, 4.69) is 5.32 Å². The highest BCUT2D eigenvalue weighted by Crippen LogP contribution is 2.07. The molecule has 84 valence electrons. The number of aliphatic carboxylic acids is 1. The van der Waals surface area contributed by atoms with E-state index in [-0.39, 0.29) is 5.70 Å². The Balaban J connectivity index is 2.97. The molecule has 0 fully saturated rings. The van der Waals surface area contributed by atoms with Gasteiger partial charge in [-0.15, -0.1) is 0 Å². The van der Waals surface area contributed by atoms with Gasteiger partial charge >= 0.3 is 5.97 Å². The van der Waals surface area contributed by atoms with Gasteiger partial charge in [0.05, 0.1) is 0 Å². The summed E-state index contributed by atoms with van der Waals surface area (Å²) in [5, 5.41) is 11.0. The molecule has 0 heterocycles. The second kappa shape index (κ2) is 5.06. The highest BCUT2D eigenvalue weighted by molar-refractivity contribution is 5.96. The Hall–Kier alpha value is -2.17. The monoisotopic (exact) mass is 223 g/mol. The standard InChI is InChI=1S/C11H10FNO3/c1-7(14)13-10(11(15)16)6-8-2-4-9(12)5-3-8/h2-6H,1H3,(H,13,14)(H,15,16)/b10-6+. The molecule has 1 aromatic carbocycles. The Morgan fingerprint density at radius 1 is 1.31 bits per heavy atom. The second-order valence-corrected chi connectivity index (χ2v) is 3.10. The molecule has 0 aromatic heterocycles. The van der Waals surface area contributed by atoms with E-state index in [0.717, 1.165) is 0 Å². The number of hydrogen-bond acceptors (Lipinski definition) is 2. The van der Waals surface area contributed by atoms with Gasteiger partial charge in [0.15, 0.2) is 0 Å². The Bertz CT molecular complexity index is 437. The Kier molecular flexibility index (Phi) is 3.77. The maximum absolute atomic E-state index is 12.6. The lowest BCUT2D eigenvalue weighted by Crippen LogP contribution is -2.24. The molecule has 0 saturated carbocycles. The number of nitrogens with one attached hydrogen (secondary N) is 1. The number of hydrogen-bond donors (Lipinski definition) is 2. The molecule has 0 bridgehead atoms. The number of carboxylic acid groups (broad SMARTS) is 1. The SMILES string of the molecule is CC(=O)N/C(=C/c1ccc(F)cc1)C(=O)O. The zero-order valence-electron chi connectivity index (χ0n) is 8.53. The number of halogens is 1. The van der Waals surface area contributed by atoms with Crippen molar-refractivity contribution in [2.45, 2.75) is 6.92 Å². The predicted molar refractivity (Wildman–Crippen MR) is 55.8 cm³/mol. The van der Waals surface area contributed by atoms with Crippen LogP contribution in [0.4, 0.5) is 4.39 Å². The number of carboxylic acids is 1. The lowest BCUT2D eigenvalue weighted by atomic mass is 10.2. The van der Waals surface area contributed by atoms with E-state index in [0.29, 0.717) is 5.56 Å². The van der Waals surface area contributed by atoms with Crippen LogP contribution in [-0.4, -0.2) is 17.0 Å². The van der Waals surface area contributed by atoms with Crippen molar-refractivity contribution in [2.75, 3.05) is 0 Å². The number of carbonyl (C=O) groups is 2. The molecule has 0 aliphatic heterocycles. The van der Waals surface area contributed by atoms with Gasteiger partial charge in [0, 0.05) is 6.92 Å². The van der Waals surface area contributed by atoms with Crippen LogP contribution < -0.4 is 5.32 Å². The average Bonchev–Trinajstić information content (AvgIpc) is 2.19. The molecule has 4 nitrogen and oxygen atoms in total. The van der Waals surface area contributed by atoms with Gasteiger partial charge in [0.25, 0.3) is 0 Å². The van der Waals surface area contributed by atoms with Crippen molar-refractivity contribution in [3.63, 3.8) is 0 Å². The lowest BCUT2D eigenvalue weighted by molar-refractivity contribution is -0.134. The molecule has 0 spiro atoms. The van der Waals surface area contributed by atoms with Gasteiger partial charge in [-0.05, 0) is 23.8 Å². The molecule has 0 aliphatic carbocycles. The second-order valence-electron chi connectivity index (χ2n) is 3.10. The first kappa shape index (κ1) is 11.9. The fraction of sp³-hybridized carbons (Fsp3) is 0.0909. The van der Waals surface area contributed by atoms with Crippen molar-refractivity contribution < 1.29 is 19.1 Å². The molecule has 2 N–H and O–H groups in total. The lowest BCUT2D eigenvalue weighted by Gasteiger charge is -2.02. The van der Waals surface area contributed by atoms with Gasteiger partial charge in [0.1, 0.15) is 11.5 Å². The zero-order valence-corrected chi connectivity index (χ0v) is 8.53.